The van der Waals surface area contributed by atoms with E-state index >= 15 is 0 Å². The molecular weight excluding hydrogens is 184 g/mol. The van der Waals surface area contributed by atoms with E-state index < -0.39 is 0 Å². The van der Waals surface area contributed by atoms with Crippen LogP contribution in [0.1, 0.15) is 19.4 Å². The standard InChI is InChI=1S/C7H9N.C6H13N/c8-6-7-4-2-1-3-5-7;1-3-5-6-7-4-2/h1-5H,6,8H2;3,5,7H,4,6H2,1-2H3/b;5-3+. The molecule has 0 saturated carbocycles. The Hall–Kier alpha value is -1.12. The molecule has 84 valence electrons. The summed E-state index contributed by atoms with van der Waals surface area (Å²) in [6, 6.07) is 9.99. The summed E-state index contributed by atoms with van der Waals surface area (Å²) in [5.74, 6) is 0. The van der Waals surface area contributed by atoms with Crippen LogP contribution in [0.5, 0.6) is 0 Å². The average Bonchev–Trinajstić information content (AvgIpc) is 2.32. The van der Waals surface area contributed by atoms with Crippen molar-refractivity contribution in [2.24, 2.45) is 5.73 Å². The molecule has 0 aliphatic heterocycles. The minimum absolute atomic E-state index is 0.640. The molecule has 0 heterocycles. The van der Waals surface area contributed by atoms with Crippen molar-refractivity contribution >= 4 is 0 Å². The molecule has 1 aromatic rings. The molecule has 15 heavy (non-hydrogen) atoms. The molecule has 1 rings (SSSR count). The number of nitrogens with two attached hydrogens (primary N) is 1. The molecule has 1 aromatic carbocycles. The minimum Gasteiger partial charge on any atom is -0.326 e. The summed E-state index contributed by atoms with van der Waals surface area (Å²) < 4.78 is 0. The maximum absolute atomic E-state index is 5.35. The third kappa shape index (κ3) is 9.19. The number of allylic oxidation sites excluding steroid dienone is 1. The smallest absolute Gasteiger partial charge is 0.0178 e. The first-order valence-electron chi connectivity index (χ1n) is 5.41. The first-order valence-corrected chi connectivity index (χ1v) is 5.41. The molecule has 0 unspecified atom stereocenters. The molecule has 0 amide bonds. The van der Waals surface area contributed by atoms with Gasteiger partial charge in [0.1, 0.15) is 0 Å². The Bertz CT molecular complexity index is 242. The van der Waals surface area contributed by atoms with Crippen molar-refractivity contribution in [3.63, 3.8) is 0 Å². The largest absolute Gasteiger partial charge is 0.326 e. The van der Waals surface area contributed by atoms with Crippen molar-refractivity contribution in [3.05, 3.63) is 48.0 Å². The van der Waals surface area contributed by atoms with Gasteiger partial charge in [0, 0.05) is 13.1 Å². The number of nitrogens with one attached hydrogen (secondary N) is 1. The Morgan fingerprint density at radius 2 is 1.93 bits per heavy atom. The third-order valence-electron chi connectivity index (χ3n) is 1.83. The SMILES string of the molecule is C/C=C/CNCC.NCc1ccccc1. The minimum atomic E-state index is 0.640. The molecule has 0 spiro atoms. The zero-order chi connectivity index (χ0) is 11.4. The lowest BCUT2D eigenvalue weighted by atomic mass is 10.2. The van der Waals surface area contributed by atoms with Gasteiger partial charge in [-0.15, -0.1) is 0 Å². The van der Waals surface area contributed by atoms with Crippen LogP contribution in [0, 0.1) is 0 Å². The fraction of sp³-hybridized carbons (Fsp3) is 0.385. The first kappa shape index (κ1) is 13.9. The van der Waals surface area contributed by atoms with Gasteiger partial charge in [0.05, 0.1) is 0 Å². The van der Waals surface area contributed by atoms with Gasteiger partial charge in [-0.05, 0) is 19.0 Å². The predicted octanol–water partition coefficient (Wildman–Crippen LogP) is 2.32. The van der Waals surface area contributed by atoms with Crippen LogP contribution >= 0.6 is 0 Å². The molecule has 0 atom stereocenters. The second-order valence-electron chi connectivity index (χ2n) is 3.07. The lowest BCUT2D eigenvalue weighted by Gasteiger charge is -1.90. The van der Waals surface area contributed by atoms with Crippen LogP contribution in [0.4, 0.5) is 0 Å². The van der Waals surface area contributed by atoms with E-state index in [9.17, 15) is 0 Å². The van der Waals surface area contributed by atoms with Gasteiger partial charge in [-0.3, -0.25) is 0 Å². The second kappa shape index (κ2) is 11.0. The van der Waals surface area contributed by atoms with E-state index in [4.69, 9.17) is 5.73 Å². The van der Waals surface area contributed by atoms with Crippen LogP contribution in [0.25, 0.3) is 0 Å². The summed E-state index contributed by atoms with van der Waals surface area (Å²) in [7, 11) is 0. The maximum atomic E-state index is 5.35. The van der Waals surface area contributed by atoms with E-state index in [2.05, 4.69) is 18.3 Å². The summed E-state index contributed by atoms with van der Waals surface area (Å²) >= 11 is 0. The Morgan fingerprint density at radius 3 is 2.33 bits per heavy atom. The normalized spacial score (nSPS) is 9.80. The lowest BCUT2D eigenvalue weighted by molar-refractivity contribution is 0.799. The number of rotatable bonds is 4. The molecule has 0 radical (unpaired) electrons. The summed E-state index contributed by atoms with van der Waals surface area (Å²) in [4.78, 5) is 0. The maximum Gasteiger partial charge on any atom is 0.0178 e. The highest BCUT2D eigenvalue weighted by atomic mass is 14.8. The van der Waals surface area contributed by atoms with E-state index in [0.29, 0.717) is 6.54 Å². The van der Waals surface area contributed by atoms with Gasteiger partial charge >= 0.3 is 0 Å². The van der Waals surface area contributed by atoms with Crippen LogP contribution in [0.2, 0.25) is 0 Å². The topological polar surface area (TPSA) is 38.0 Å². The Labute approximate surface area is 93.2 Å². The van der Waals surface area contributed by atoms with Gasteiger partial charge in [-0.2, -0.15) is 0 Å². The number of likely N-dealkylation sites (N-methyl/N-ethyl adjacent to an activating group) is 1. The molecule has 2 heteroatoms. The Kier molecular flexibility index (Phi) is 10.1. The molecule has 0 aliphatic carbocycles. The first-order chi connectivity index (χ1) is 7.35. The van der Waals surface area contributed by atoms with Crippen molar-refractivity contribution in [1.29, 1.82) is 0 Å². The zero-order valence-corrected chi connectivity index (χ0v) is 9.74. The fourth-order valence-electron chi connectivity index (χ4n) is 0.960. The molecule has 0 bridgehead atoms. The molecular formula is C13H22N2. The zero-order valence-electron chi connectivity index (χ0n) is 9.74. The van der Waals surface area contributed by atoms with Crippen molar-refractivity contribution in [1.82, 2.24) is 5.32 Å². The molecule has 0 fully saturated rings. The molecule has 0 aliphatic rings. The Balaban J connectivity index is 0.000000265. The number of hydrogen-bond acceptors (Lipinski definition) is 2. The summed E-state index contributed by atoms with van der Waals surface area (Å²) in [5.41, 5.74) is 6.54. The van der Waals surface area contributed by atoms with Crippen LogP contribution in [0.3, 0.4) is 0 Å². The van der Waals surface area contributed by atoms with Crippen molar-refractivity contribution in [3.8, 4) is 0 Å². The van der Waals surface area contributed by atoms with Crippen molar-refractivity contribution in [2.45, 2.75) is 20.4 Å². The predicted molar refractivity (Wildman–Crippen MR) is 67.7 cm³/mol. The molecule has 0 aromatic heterocycles. The van der Waals surface area contributed by atoms with Gasteiger partial charge in [0.25, 0.3) is 0 Å². The quantitative estimate of drug-likeness (QED) is 0.586. The van der Waals surface area contributed by atoms with Crippen LogP contribution in [-0.2, 0) is 6.54 Å². The molecule has 2 nitrogen and oxygen atoms in total. The van der Waals surface area contributed by atoms with E-state index in [1.165, 1.54) is 5.56 Å². The highest BCUT2D eigenvalue weighted by Gasteiger charge is 1.80. The fourth-order valence-corrected chi connectivity index (χ4v) is 0.960. The van der Waals surface area contributed by atoms with E-state index in [1.54, 1.807) is 0 Å². The highest BCUT2D eigenvalue weighted by Crippen LogP contribution is 1.94. The number of benzene rings is 1. The summed E-state index contributed by atoms with van der Waals surface area (Å²) in [6.07, 6.45) is 4.14. The van der Waals surface area contributed by atoms with Crippen LogP contribution in [0.15, 0.2) is 42.5 Å². The summed E-state index contributed by atoms with van der Waals surface area (Å²) in [6.45, 7) is 6.83. The molecule has 3 N–H and O–H groups in total. The van der Waals surface area contributed by atoms with E-state index in [1.807, 2.05) is 43.3 Å². The number of hydrogen-bond donors (Lipinski definition) is 2. The molecule has 0 saturated heterocycles. The van der Waals surface area contributed by atoms with Crippen LogP contribution in [-0.4, -0.2) is 13.1 Å². The van der Waals surface area contributed by atoms with Gasteiger partial charge < -0.3 is 11.1 Å². The van der Waals surface area contributed by atoms with Gasteiger partial charge in [-0.1, -0.05) is 49.4 Å². The van der Waals surface area contributed by atoms with Gasteiger partial charge in [0.15, 0.2) is 0 Å². The lowest BCUT2D eigenvalue weighted by Crippen LogP contribution is -2.11. The van der Waals surface area contributed by atoms with Crippen molar-refractivity contribution in [2.75, 3.05) is 13.1 Å². The van der Waals surface area contributed by atoms with E-state index in [0.717, 1.165) is 13.1 Å². The van der Waals surface area contributed by atoms with Gasteiger partial charge in [-0.25, -0.2) is 0 Å². The monoisotopic (exact) mass is 206 g/mol. The average molecular weight is 206 g/mol. The second-order valence-corrected chi connectivity index (χ2v) is 3.07. The van der Waals surface area contributed by atoms with Crippen molar-refractivity contribution < 1.29 is 0 Å². The third-order valence-corrected chi connectivity index (χ3v) is 1.83. The Morgan fingerprint density at radius 1 is 1.27 bits per heavy atom. The van der Waals surface area contributed by atoms with E-state index in [-0.39, 0.29) is 0 Å². The van der Waals surface area contributed by atoms with Gasteiger partial charge in [0.2, 0.25) is 0 Å². The summed E-state index contributed by atoms with van der Waals surface area (Å²) in [5, 5.41) is 3.16. The highest BCUT2D eigenvalue weighted by molar-refractivity contribution is 5.13. The van der Waals surface area contributed by atoms with Crippen LogP contribution < -0.4 is 11.1 Å².